The smallest absolute Gasteiger partial charge is 0.294 e. The summed E-state index contributed by atoms with van der Waals surface area (Å²) in [6.07, 6.45) is 3.39. The van der Waals surface area contributed by atoms with Crippen LogP contribution in [0.4, 0.5) is 0 Å². The number of carbonyl (C=O) groups excluding carboxylic acids is 2. The molecular weight excluding hydrogens is 428 g/mol. The van der Waals surface area contributed by atoms with Crippen LogP contribution < -0.4 is 10.1 Å². The first-order valence-electron chi connectivity index (χ1n) is 10.4. The molecule has 1 aliphatic heterocycles. The molecule has 0 aliphatic carbocycles. The Balaban J connectivity index is 2.05. The quantitative estimate of drug-likeness (QED) is 0.477. The first kappa shape index (κ1) is 21.8. The first-order valence-corrected chi connectivity index (χ1v) is 10.8. The van der Waals surface area contributed by atoms with Crippen molar-refractivity contribution in [3.8, 4) is 5.69 Å². The molecule has 1 N–H and O–H groups in total. The summed E-state index contributed by atoms with van der Waals surface area (Å²) >= 11 is 6.14. The molecule has 164 valence electrons. The van der Waals surface area contributed by atoms with Gasteiger partial charge in [-0.05, 0) is 38.0 Å². The van der Waals surface area contributed by atoms with Crippen molar-refractivity contribution in [2.24, 2.45) is 0 Å². The van der Waals surface area contributed by atoms with Crippen molar-refractivity contribution >= 4 is 34.7 Å². The highest BCUT2D eigenvalue weighted by Crippen LogP contribution is 2.33. The number of H-pyrrole nitrogens is 1. The summed E-state index contributed by atoms with van der Waals surface area (Å²) in [5.41, 5.74) is 1.18. The Morgan fingerprint density at radius 1 is 0.938 bits per heavy atom. The molecule has 1 aliphatic rings. The van der Waals surface area contributed by atoms with Gasteiger partial charge in [-0.2, -0.15) is 4.57 Å². The normalized spacial score (nSPS) is 14.4. The zero-order valence-electron chi connectivity index (χ0n) is 18.3. The lowest BCUT2D eigenvalue weighted by atomic mass is 9.98. The molecular formula is C24H24ClN4O3+. The van der Waals surface area contributed by atoms with Crippen molar-refractivity contribution in [1.82, 2.24) is 14.7 Å². The molecule has 3 aromatic rings. The summed E-state index contributed by atoms with van der Waals surface area (Å²) in [7, 11) is 0. The zero-order chi connectivity index (χ0) is 23.2. The molecule has 2 aromatic heterocycles. The van der Waals surface area contributed by atoms with Crippen molar-refractivity contribution in [1.29, 1.82) is 0 Å². The Morgan fingerprint density at radius 3 is 2.22 bits per heavy atom. The molecule has 4 rings (SSSR count). The van der Waals surface area contributed by atoms with Gasteiger partial charge in [-0.3, -0.25) is 24.4 Å². The van der Waals surface area contributed by atoms with E-state index in [9.17, 15) is 14.4 Å². The number of imide groups is 1. The molecule has 8 heteroatoms. The van der Waals surface area contributed by atoms with Crippen molar-refractivity contribution in [3.63, 3.8) is 0 Å². The Morgan fingerprint density at radius 2 is 1.62 bits per heavy atom. The van der Waals surface area contributed by atoms with Gasteiger partial charge in [0.1, 0.15) is 5.57 Å². The Kier molecular flexibility index (Phi) is 5.60. The number of aromatic amines is 1. The second kappa shape index (κ2) is 8.24. The average Bonchev–Trinajstić information content (AvgIpc) is 3.21. The maximum absolute atomic E-state index is 13.7. The number of hydrogen-bond acceptors (Lipinski definition) is 3. The van der Waals surface area contributed by atoms with Gasteiger partial charge in [-0.25, -0.2) is 4.68 Å². The van der Waals surface area contributed by atoms with E-state index in [2.05, 4.69) is 5.10 Å². The van der Waals surface area contributed by atoms with Crippen molar-refractivity contribution < 1.29 is 14.2 Å². The van der Waals surface area contributed by atoms with Crippen molar-refractivity contribution in [2.45, 2.75) is 39.7 Å². The van der Waals surface area contributed by atoms with Crippen LogP contribution in [0.3, 0.4) is 0 Å². The molecule has 32 heavy (non-hydrogen) atoms. The topological polar surface area (TPSA) is 79.1 Å². The third-order valence-corrected chi connectivity index (χ3v) is 5.63. The van der Waals surface area contributed by atoms with Gasteiger partial charge in [0.2, 0.25) is 0 Å². The summed E-state index contributed by atoms with van der Waals surface area (Å²) in [5, 5.41) is 3.62. The second-order valence-corrected chi connectivity index (χ2v) is 8.69. The molecule has 1 aromatic carbocycles. The van der Waals surface area contributed by atoms with Gasteiger partial charge in [-0.15, -0.1) is 0 Å². The van der Waals surface area contributed by atoms with E-state index in [1.54, 1.807) is 67.2 Å². The van der Waals surface area contributed by atoms with Gasteiger partial charge in [0.25, 0.3) is 17.2 Å². The molecule has 0 bridgehead atoms. The van der Waals surface area contributed by atoms with Crippen LogP contribution >= 0.6 is 11.6 Å². The lowest BCUT2D eigenvalue weighted by Crippen LogP contribution is -2.42. The van der Waals surface area contributed by atoms with Crippen LogP contribution in [0.2, 0.25) is 5.02 Å². The number of aromatic nitrogens is 3. The van der Waals surface area contributed by atoms with Crippen molar-refractivity contribution in [3.05, 3.63) is 81.5 Å². The van der Waals surface area contributed by atoms with E-state index in [0.29, 0.717) is 16.4 Å². The van der Waals surface area contributed by atoms with Crippen LogP contribution in [0.1, 0.15) is 44.9 Å². The van der Waals surface area contributed by atoms with Crippen LogP contribution in [0, 0.1) is 0 Å². The third-order valence-electron chi connectivity index (χ3n) is 5.39. The SMILES string of the molecule is CC(C)c1[nH]n(-c2cccc(Cl)c2)c(=O)c1C1=C([n+]2ccccc2)C(=O)N(C(C)C)C1=O. The van der Waals surface area contributed by atoms with Gasteiger partial charge in [0, 0.05) is 28.9 Å². The predicted octanol–water partition coefficient (Wildman–Crippen LogP) is 3.38. The summed E-state index contributed by atoms with van der Waals surface area (Å²) in [6, 6.07) is 11.9. The maximum Gasteiger partial charge on any atom is 0.327 e. The van der Waals surface area contributed by atoms with E-state index in [4.69, 9.17) is 11.6 Å². The third kappa shape index (κ3) is 3.48. The van der Waals surface area contributed by atoms with E-state index in [1.807, 2.05) is 19.9 Å². The van der Waals surface area contributed by atoms with Gasteiger partial charge < -0.3 is 0 Å². The fourth-order valence-electron chi connectivity index (χ4n) is 3.93. The number of rotatable bonds is 5. The summed E-state index contributed by atoms with van der Waals surface area (Å²) in [5.74, 6) is -1.02. The fraction of sp³-hybridized carbons (Fsp3) is 0.250. The minimum absolute atomic E-state index is 0.102. The summed E-state index contributed by atoms with van der Waals surface area (Å²) in [4.78, 5) is 41.7. The molecule has 0 spiro atoms. The van der Waals surface area contributed by atoms with Crippen molar-refractivity contribution in [2.75, 3.05) is 0 Å². The zero-order valence-corrected chi connectivity index (χ0v) is 19.1. The van der Waals surface area contributed by atoms with E-state index in [-0.39, 0.29) is 28.8 Å². The van der Waals surface area contributed by atoms with Crippen LogP contribution in [0.25, 0.3) is 17.0 Å². The van der Waals surface area contributed by atoms with Crippen LogP contribution in [-0.4, -0.2) is 32.5 Å². The molecule has 0 unspecified atom stereocenters. The monoisotopic (exact) mass is 451 g/mol. The van der Waals surface area contributed by atoms with E-state index >= 15 is 0 Å². The predicted molar refractivity (Wildman–Crippen MR) is 122 cm³/mol. The number of carbonyl (C=O) groups is 2. The van der Waals surface area contributed by atoms with E-state index < -0.39 is 17.4 Å². The van der Waals surface area contributed by atoms with Gasteiger partial charge in [0.05, 0.1) is 11.3 Å². The minimum atomic E-state index is -0.479. The largest absolute Gasteiger partial charge is 0.327 e. The lowest BCUT2D eigenvalue weighted by Gasteiger charge is -2.17. The van der Waals surface area contributed by atoms with E-state index in [1.165, 1.54) is 9.58 Å². The minimum Gasteiger partial charge on any atom is -0.294 e. The number of amides is 2. The van der Waals surface area contributed by atoms with E-state index in [0.717, 1.165) is 0 Å². The highest BCUT2D eigenvalue weighted by Gasteiger charge is 2.48. The lowest BCUT2D eigenvalue weighted by molar-refractivity contribution is -0.576. The maximum atomic E-state index is 13.7. The highest BCUT2D eigenvalue weighted by atomic mass is 35.5. The summed E-state index contributed by atoms with van der Waals surface area (Å²) < 4.78 is 2.96. The Labute approximate surface area is 190 Å². The highest BCUT2D eigenvalue weighted by molar-refractivity contribution is 6.44. The molecule has 7 nitrogen and oxygen atoms in total. The molecule has 0 fully saturated rings. The molecule has 0 atom stereocenters. The van der Waals surface area contributed by atoms with Gasteiger partial charge in [0.15, 0.2) is 12.4 Å². The summed E-state index contributed by atoms with van der Waals surface area (Å²) in [6.45, 7) is 7.40. The fourth-order valence-corrected chi connectivity index (χ4v) is 4.11. The molecule has 0 radical (unpaired) electrons. The molecule has 2 amide bonds. The Bertz CT molecular complexity index is 1300. The number of halogens is 1. The Hall–Kier alpha value is -3.45. The van der Waals surface area contributed by atoms with Crippen LogP contribution in [-0.2, 0) is 9.59 Å². The molecule has 3 heterocycles. The number of benzene rings is 1. The van der Waals surface area contributed by atoms with Crippen LogP contribution in [0.15, 0.2) is 59.7 Å². The number of hydrogen-bond donors (Lipinski definition) is 1. The average molecular weight is 452 g/mol. The number of nitrogens with zero attached hydrogens (tertiary/aromatic N) is 3. The number of pyridine rings is 1. The van der Waals surface area contributed by atoms with Crippen LogP contribution in [0.5, 0.6) is 0 Å². The number of nitrogens with one attached hydrogen (secondary N) is 1. The second-order valence-electron chi connectivity index (χ2n) is 8.26. The standard InChI is InChI=1S/C24H23ClN4O3/c1-14(2)20-18(23(31)29(26-20)17-10-8-9-16(25)13-17)19-21(27-11-6-5-7-12-27)24(32)28(15(3)4)22(19)30/h5-15H,1-4H3/p+1. The first-order chi connectivity index (χ1) is 15.2. The van der Waals surface area contributed by atoms with Gasteiger partial charge in [-0.1, -0.05) is 37.6 Å². The molecule has 0 saturated carbocycles. The molecule has 0 saturated heterocycles. The van der Waals surface area contributed by atoms with Gasteiger partial charge >= 0.3 is 5.91 Å².